The largest absolute Gasteiger partial charge is 0.465 e. The third-order valence-electron chi connectivity index (χ3n) is 6.06. The number of amides is 1. The van der Waals surface area contributed by atoms with Gasteiger partial charge in [-0.3, -0.25) is 4.90 Å². The van der Waals surface area contributed by atoms with Gasteiger partial charge in [-0.25, -0.2) is 4.79 Å². The number of carbonyl (C=O) groups is 1. The molecule has 1 aromatic heterocycles. The lowest BCUT2D eigenvalue weighted by atomic mass is 9.84. The van der Waals surface area contributed by atoms with Crippen molar-refractivity contribution < 1.29 is 9.90 Å². The van der Waals surface area contributed by atoms with Gasteiger partial charge in [-0.05, 0) is 68.2 Å². The second-order valence-electron chi connectivity index (χ2n) is 7.79. The van der Waals surface area contributed by atoms with Gasteiger partial charge in [0.1, 0.15) is 5.82 Å². The summed E-state index contributed by atoms with van der Waals surface area (Å²) < 4.78 is 5.96. The lowest BCUT2D eigenvalue weighted by Crippen LogP contribution is -2.47. The van der Waals surface area contributed by atoms with Crippen LogP contribution in [0.15, 0.2) is 24.3 Å². The molecule has 0 unspecified atom stereocenters. The van der Waals surface area contributed by atoms with Gasteiger partial charge in [0.15, 0.2) is 0 Å². The molecule has 27 heavy (non-hydrogen) atoms. The summed E-state index contributed by atoms with van der Waals surface area (Å²) >= 11 is 1.59. The van der Waals surface area contributed by atoms with Crippen molar-refractivity contribution in [2.24, 2.45) is 5.92 Å². The smallest absolute Gasteiger partial charge is 0.404 e. The molecule has 2 N–H and O–H groups in total. The van der Waals surface area contributed by atoms with Crippen molar-refractivity contribution in [3.63, 3.8) is 0 Å². The topological polar surface area (TPSA) is 68.7 Å². The fourth-order valence-corrected chi connectivity index (χ4v) is 5.21. The minimum Gasteiger partial charge on any atom is -0.465 e. The van der Waals surface area contributed by atoms with E-state index in [2.05, 4.69) is 39.4 Å². The lowest BCUT2D eigenvalue weighted by molar-refractivity contribution is 0.177. The summed E-state index contributed by atoms with van der Waals surface area (Å²) in [5.41, 5.74) is 0. The molecule has 0 atom stereocenters. The van der Waals surface area contributed by atoms with Gasteiger partial charge in [0.05, 0.1) is 4.70 Å². The maximum absolute atomic E-state index is 10.7. The summed E-state index contributed by atoms with van der Waals surface area (Å²) in [7, 11) is 0. The van der Waals surface area contributed by atoms with E-state index in [1.165, 1.54) is 16.5 Å². The standard InChI is InChI=1S/C20H28N4O2S/c25-20(26)21-16-7-5-15(6-8-16)9-10-23-11-13-24(14-12-23)19-17-3-1-2-4-18(17)27-22-19/h1-4,15-16,21H,5-14H2,(H,25,26)/t15-,16-. The summed E-state index contributed by atoms with van der Waals surface area (Å²) in [6.07, 6.45) is 4.62. The predicted octanol–water partition coefficient (Wildman–Crippen LogP) is 3.63. The van der Waals surface area contributed by atoms with Gasteiger partial charge in [0.25, 0.3) is 0 Å². The maximum atomic E-state index is 10.7. The minimum absolute atomic E-state index is 0.162. The molecular weight excluding hydrogens is 360 g/mol. The fourth-order valence-electron chi connectivity index (χ4n) is 4.42. The Hall–Kier alpha value is -1.86. The normalized spacial score (nSPS) is 24.2. The van der Waals surface area contributed by atoms with E-state index in [1.54, 1.807) is 11.5 Å². The molecule has 4 rings (SSSR count). The number of nitrogens with one attached hydrogen (secondary N) is 1. The first-order valence-electron chi connectivity index (χ1n) is 10.0. The van der Waals surface area contributed by atoms with Crippen LogP contribution >= 0.6 is 11.5 Å². The summed E-state index contributed by atoms with van der Waals surface area (Å²) in [5.74, 6) is 1.90. The van der Waals surface area contributed by atoms with Crippen molar-refractivity contribution in [3.8, 4) is 0 Å². The predicted molar refractivity (Wildman–Crippen MR) is 110 cm³/mol. The molecule has 2 aliphatic rings. The van der Waals surface area contributed by atoms with E-state index in [-0.39, 0.29) is 6.04 Å². The summed E-state index contributed by atoms with van der Waals surface area (Å²) in [5, 5.41) is 12.7. The van der Waals surface area contributed by atoms with Gasteiger partial charge in [-0.2, -0.15) is 4.37 Å². The fraction of sp³-hybridized carbons (Fsp3) is 0.600. The highest BCUT2D eigenvalue weighted by Gasteiger charge is 2.24. The Kier molecular flexibility index (Phi) is 5.78. The van der Waals surface area contributed by atoms with E-state index in [4.69, 9.17) is 9.48 Å². The quantitative estimate of drug-likeness (QED) is 0.819. The molecule has 2 heterocycles. The van der Waals surface area contributed by atoms with Crippen molar-refractivity contribution in [1.82, 2.24) is 14.6 Å². The Labute approximate surface area is 164 Å². The first-order chi connectivity index (χ1) is 13.2. The van der Waals surface area contributed by atoms with Crippen LogP contribution in [0.3, 0.4) is 0 Å². The molecule has 1 saturated heterocycles. The highest BCUT2D eigenvalue weighted by atomic mass is 32.1. The van der Waals surface area contributed by atoms with Crippen molar-refractivity contribution in [2.45, 2.75) is 38.1 Å². The van der Waals surface area contributed by atoms with Crippen LogP contribution in [-0.2, 0) is 0 Å². The molecule has 2 fully saturated rings. The number of benzene rings is 1. The van der Waals surface area contributed by atoms with E-state index in [9.17, 15) is 4.79 Å². The number of piperazine rings is 1. The highest BCUT2D eigenvalue weighted by molar-refractivity contribution is 7.13. The van der Waals surface area contributed by atoms with E-state index < -0.39 is 6.09 Å². The number of fused-ring (bicyclic) bond motifs is 1. The zero-order valence-corrected chi connectivity index (χ0v) is 16.5. The summed E-state index contributed by atoms with van der Waals surface area (Å²) in [6.45, 7) is 5.45. The van der Waals surface area contributed by atoms with Gasteiger partial charge >= 0.3 is 6.09 Å². The molecule has 146 valence electrons. The SMILES string of the molecule is O=C(O)N[C@H]1CC[C@H](CCN2CCN(c3nsc4ccccc34)CC2)CC1. The molecule has 1 aromatic carbocycles. The van der Waals surface area contributed by atoms with E-state index >= 15 is 0 Å². The number of aromatic nitrogens is 1. The molecule has 0 radical (unpaired) electrons. The molecule has 1 saturated carbocycles. The zero-order chi connectivity index (χ0) is 18.6. The highest BCUT2D eigenvalue weighted by Crippen LogP contribution is 2.30. The van der Waals surface area contributed by atoms with Crippen LogP contribution in [0.1, 0.15) is 32.1 Å². The van der Waals surface area contributed by atoms with Crippen molar-refractivity contribution in [2.75, 3.05) is 37.6 Å². The average Bonchev–Trinajstić information content (AvgIpc) is 3.12. The Morgan fingerprint density at radius 1 is 1.15 bits per heavy atom. The number of nitrogens with zero attached hydrogens (tertiary/aromatic N) is 3. The molecule has 0 spiro atoms. The van der Waals surface area contributed by atoms with Gasteiger partial charge in [-0.15, -0.1) is 0 Å². The molecule has 6 nitrogen and oxygen atoms in total. The number of carboxylic acid groups (broad SMARTS) is 1. The zero-order valence-electron chi connectivity index (χ0n) is 15.6. The molecule has 1 amide bonds. The number of hydrogen-bond acceptors (Lipinski definition) is 5. The van der Waals surface area contributed by atoms with Crippen LogP contribution in [0, 0.1) is 5.92 Å². The first-order valence-corrected chi connectivity index (χ1v) is 10.8. The Morgan fingerprint density at radius 3 is 2.63 bits per heavy atom. The third kappa shape index (κ3) is 4.52. The van der Waals surface area contributed by atoms with Gasteiger partial charge < -0.3 is 15.3 Å². The molecule has 1 aliphatic heterocycles. The van der Waals surface area contributed by atoms with Crippen LogP contribution < -0.4 is 10.2 Å². The summed E-state index contributed by atoms with van der Waals surface area (Å²) in [4.78, 5) is 15.7. The van der Waals surface area contributed by atoms with Gasteiger partial charge in [0.2, 0.25) is 0 Å². The Balaban J connectivity index is 1.21. The van der Waals surface area contributed by atoms with Crippen molar-refractivity contribution in [3.05, 3.63) is 24.3 Å². The van der Waals surface area contributed by atoms with Crippen LogP contribution in [0.4, 0.5) is 10.6 Å². The molecular formula is C20H28N4O2S. The molecule has 7 heteroatoms. The number of hydrogen-bond donors (Lipinski definition) is 2. The van der Waals surface area contributed by atoms with Crippen molar-refractivity contribution >= 4 is 33.5 Å². The molecule has 1 aliphatic carbocycles. The van der Waals surface area contributed by atoms with Gasteiger partial charge in [0, 0.05) is 37.6 Å². The van der Waals surface area contributed by atoms with E-state index in [0.29, 0.717) is 0 Å². The van der Waals surface area contributed by atoms with Crippen LogP contribution in [0.5, 0.6) is 0 Å². The second kappa shape index (κ2) is 8.44. The average molecular weight is 389 g/mol. The molecule has 0 bridgehead atoms. The van der Waals surface area contributed by atoms with Crippen LogP contribution in [0.25, 0.3) is 10.1 Å². The Morgan fingerprint density at radius 2 is 1.89 bits per heavy atom. The number of rotatable bonds is 5. The maximum Gasteiger partial charge on any atom is 0.404 e. The van der Waals surface area contributed by atoms with Crippen LogP contribution in [-0.4, -0.2) is 59.2 Å². The Bertz CT molecular complexity index is 764. The lowest BCUT2D eigenvalue weighted by Gasteiger charge is -2.36. The second-order valence-corrected chi connectivity index (χ2v) is 8.59. The minimum atomic E-state index is -0.885. The van der Waals surface area contributed by atoms with Crippen LogP contribution in [0.2, 0.25) is 0 Å². The first kappa shape index (κ1) is 18.5. The monoisotopic (exact) mass is 388 g/mol. The third-order valence-corrected chi connectivity index (χ3v) is 6.88. The number of anilines is 1. The van der Waals surface area contributed by atoms with Gasteiger partial charge in [-0.1, -0.05) is 12.1 Å². The van der Waals surface area contributed by atoms with E-state index in [0.717, 1.165) is 70.1 Å². The molecule has 2 aromatic rings. The van der Waals surface area contributed by atoms with E-state index in [1.807, 2.05) is 0 Å². The summed E-state index contributed by atoms with van der Waals surface area (Å²) in [6, 6.07) is 8.66. The van der Waals surface area contributed by atoms with Crippen molar-refractivity contribution in [1.29, 1.82) is 0 Å².